The van der Waals surface area contributed by atoms with Crippen molar-refractivity contribution in [2.24, 2.45) is 0 Å². The fourth-order valence-corrected chi connectivity index (χ4v) is 6.73. The Labute approximate surface area is 261 Å². The van der Waals surface area contributed by atoms with E-state index in [2.05, 4.69) is 60.7 Å². The minimum Gasteiger partial charge on any atom is -0.236 e. The first-order valence-electron chi connectivity index (χ1n) is 17.1. The van der Waals surface area contributed by atoms with Gasteiger partial charge in [-0.25, -0.2) is 9.97 Å². The fourth-order valence-electron chi connectivity index (χ4n) is 6.73. The normalized spacial score (nSPS) is 13.2. The molecule has 204 valence electrons. The molecule has 1 aromatic heterocycles. The SMILES string of the molecule is [2H]c1c([2H])c([2H])c(-c2c3ccccc3c(-c3cnc(-c4cc5c6ccccc6ccc5c5ccccc45)nc3)c3ccccc23)c([2H])c1[2H]. The van der Waals surface area contributed by atoms with Crippen LogP contribution >= 0.6 is 0 Å². The summed E-state index contributed by atoms with van der Waals surface area (Å²) in [7, 11) is 0. The highest BCUT2D eigenvalue weighted by atomic mass is 14.9. The molecule has 9 rings (SSSR count). The van der Waals surface area contributed by atoms with E-state index >= 15 is 0 Å². The van der Waals surface area contributed by atoms with Crippen LogP contribution in [0.4, 0.5) is 0 Å². The second kappa shape index (κ2) is 9.86. The largest absolute Gasteiger partial charge is 0.236 e. The van der Waals surface area contributed by atoms with Crippen molar-refractivity contribution in [1.82, 2.24) is 9.97 Å². The van der Waals surface area contributed by atoms with Gasteiger partial charge in [0.2, 0.25) is 0 Å². The summed E-state index contributed by atoms with van der Waals surface area (Å²) in [5, 5.41) is 10.2. The van der Waals surface area contributed by atoms with Gasteiger partial charge >= 0.3 is 0 Å². The van der Waals surface area contributed by atoms with Crippen LogP contribution in [0.5, 0.6) is 0 Å². The van der Waals surface area contributed by atoms with E-state index in [9.17, 15) is 0 Å². The van der Waals surface area contributed by atoms with Crippen LogP contribution in [-0.4, -0.2) is 9.97 Å². The molecule has 44 heavy (non-hydrogen) atoms. The summed E-state index contributed by atoms with van der Waals surface area (Å²) < 4.78 is 42.5. The van der Waals surface area contributed by atoms with Crippen LogP contribution in [0.3, 0.4) is 0 Å². The maximum absolute atomic E-state index is 8.81. The molecule has 0 N–H and O–H groups in total. The molecule has 0 amide bonds. The van der Waals surface area contributed by atoms with E-state index in [0.29, 0.717) is 11.4 Å². The number of rotatable bonds is 3. The van der Waals surface area contributed by atoms with Crippen molar-refractivity contribution in [3.05, 3.63) is 158 Å². The van der Waals surface area contributed by atoms with Crippen LogP contribution in [0.15, 0.2) is 158 Å². The highest BCUT2D eigenvalue weighted by molar-refractivity contribution is 6.22. The predicted molar refractivity (Wildman–Crippen MR) is 186 cm³/mol. The summed E-state index contributed by atoms with van der Waals surface area (Å²) in [6.45, 7) is 0. The first kappa shape index (κ1) is 20.1. The first-order chi connectivity index (χ1) is 23.9. The van der Waals surface area contributed by atoms with E-state index in [1.54, 1.807) is 0 Å². The van der Waals surface area contributed by atoms with Gasteiger partial charge in [-0.05, 0) is 71.1 Å². The summed E-state index contributed by atoms with van der Waals surface area (Å²) in [4.78, 5) is 9.95. The van der Waals surface area contributed by atoms with Crippen LogP contribution in [-0.2, 0) is 0 Å². The molecule has 0 fully saturated rings. The lowest BCUT2D eigenvalue weighted by Crippen LogP contribution is -1.94. The molecule has 0 aliphatic carbocycles. The summed E-state index contributed by atoms with van der Waals surface area (Å²) >= 11 is 0. The zero-order chi connectivity index (χ0) is 33.4. The average molecular weight is 564 g/mol. The Bertz CT molecular complexity index is 2740. The molecule has 0 aliphatic heterocycles. The van der Waals surface area contributed by atoms with Crippen molar-refractivity contribution < 1.29 is 6.85 Å². The third kappa shape index (κ3) is 3.75. The van der Waals surface area contributed by atoms with Crippen molar-refractivity contribution in [2.45, 2.75) is 0 Å². The molecular weight excluding hydrogens is 532 g/mol. The molecule has 0 bridgehead atoms. The van der Waals surface area contributed by atoms with Gasteiger partial charge < -0.3 is 0 Å². The van der Waals surface area contributed by atoms with Gasteiger partial charge in [0.15, 0.2) is 5.82 Å². The van der Waals surface area contributed by atoms with Gasteiger partial charge in [0.05, 0.1) is 6.85 Å². The Balaban J connectivity index is 1.29. The second-order valence-corrected chi connectivity index (χ2v) is 11.0. The zero-order valence-corrected chi connectivity index (χ0v) is 23.5. The van der Waals surface area contributed by atoms with E-state index in [4.69, 9.17) is 16.8 Å². The highest BCUT2D eigenvalue weighted by Gasteiger charge is 2.18. The Kier molecular flexibility index (Phi) is 4.51. The third-order valence-corrected chi connectivity index (χ3v) is 8.63. The minimum atomic E-state index is -0.409. The molecular formula is C42H26N2. The van der Waals surface area contributed by atoms with Crippen molar-refractivity contribution in [2.75, 3.05) is 0 Å². The maximum Gasteiger partial charge on any atom is 0.159 e. The lowest BCUT2D eigenvalue weighted by atomic mass is 9.86. The standard InChI is InChI=1S/C42H26N2/c1-2-13-28(14-3-1)40-34-18-8-10-20-36(34)41(37-21-11-9-19-35(37)40)29-25-43-42(44-26-29)39-24-38-30-15-5-4-12-27(30)22-23-33(38)31-16-6-7-17-32(31)39/h1-26H/i1D,2D,3D,13D,14D. The Morgan fingerprint density at radius 3 is 1.55 bits per heavy atom. The summed E-state index contributed by atoms with van der Waals surface area (Å²) in [6, 6.07) is 37.4. The van der Waals surface area contributed by atoms with E-state index in [1.807, 2.05) is 67.0 Å². The maximum atomic E-state index is 8.81. The lowest BCUT2D eigenvalue weighted by Gasteiger charge is -2.17. The first-order valence-corrected chi connectivity index (χ1v) is 14.6. The van der Waals surface area contributed by atoms with Gasteiger partial charge in [-0.2, -0.15) is 0 Å². The minimum absolute atomic E-state index is 0.187. The average Bonchev–Trinajstić information content (AvgIpc) is 3.15. The molecule has 0 atom stereocenters. The Morgan fingerprint density at radius 1 is 0.409 bits per heavy atom. The molecule has 0 unspecified atom stereocenters. The molecule has 0 saturated heterocycles. The molecule has 0 radical (unpaired) electrons. The van der Waals surface area contributed by atoms with Gasteiger partial charge in [0.1, 0.15) is 0 Å². The summed E-state index contributed by atoms with van der Waals surface area (Å²) in [6.07, 6.45) is 3.73. The van der Waals surface area contributed by atoms with E-state index in [-0.39, 0.29) is 29.7 Å². The number of aromatic nitrogens is 2. The van der Waals surface area contributed by atoms with Gasteiger partial charge in [-0.3, -0.25) is 0 Å². The molecule has 1 heterocycles. The van der Waals surface area contributed by atoms with Crippen molar-refractivity contribution in [1.29, 1.82) is 0 Å². The van der Waals surface area contributed by atoms with Crippen molar-refractivity contribution in [3.8, 4) is 33.6 Å². The van der Waals surface area contributed by atoms with E-state index in [1.165, 1.54) is 16.2 Å². The van der Waals surface area contributed by atoms with Crippen LogP contribution in [0.25, 0.3) is 87.5 Å². The van der Waals surface area contributed by atoms with Crippen molar-refractivity contribution in [3.63, 3.8) is 0 Å². The van der Waals surface area contributed by atoms with Gasteiger partial charge in [0, 0.05) is 29.1 Å². The molecule has 2 heteroatoms. The summed E-state index contributed by atoms with van der Waals surface area (Å²) in [5.41, 5.74) is 3.49. The molecule has 0 spiro atoms. The van der Waals surface area contributed by atoms with Crippen LogP contribution in [0.2, 0.25) is 0 Å². The molecule has 0 aliphatic rings. The summed E-state index contributed by atoms with van der Waals surface area (Å²) in [5.74, 6) is 0.624. The number of hydrogen-bond donors (Lipinski definition) is 0. The fraction of sp³-hybridized carbons (Fsp3) is 0. The van der Waals surface area contributed by atoms with Crippen molar-refractivity contribution >= 4 is 53.9 Å². The predicted octanol–water partition coefficient (Wildman–Crippen LogP) is 11.2. The smallest absolute Gasteiger partial charge is 0.159 e. The van der Waals surface area contributed by atoms with E-state index < -0.39 is 6.04 Å². The molecule has 0 saturated carbocycles. The van der Waals surface area contributed by atoms with Gasteiger partial charge in [0.25, 0.3) is 0 Å². The Morgan fingerprint density at radius 2 is 0.909 bits per heavy atom. The third-order valence-electron chi connectivity index (χ3n) is 8.63. The number of hydrogen-bond acceptors (Lipinski definition) is 2. The Hall–Kier alpha value is -5.86. The molecule has 9 aromatic rings. The van der Waals surface area contributed by atoms with Gasteiger partial charge in [-0.1, -0.05) is 139 Å². The lowest BCUT2D eigenvalue weighted by molar-refractivity contribution is 1.19. The highest BCUT2D eigenvalue weighted by Crippen LogP contribution is 2.43. The number of nitrogens with zero attached hydrogens (tertiary/aromatic N) is 2. The van der Waals surface area contributed by atoms with Crippen LogP contribution < -0.4 is 0 Å². The zero-order valence-electron chi connectivity index (χ0n) is 28.5. The number of fused-ring (bicyclic) bond motifs is 7. The monoisotopic (exact) mass is 563 g/mol. The molecule has 2 nitrogen and oxygen atoms in total. The van der Waals surface area contributed by atoms with Crippen LogP contribution in [0, 0.1) is 0 Å². The second-order valence-electron chi connectivity index (χ2n) is 11.0. The van der Waals surface area contributed by atoms with Gasteiger partial charge in [-0.15, -0.1) is 0 Å². The van der Waals surface area contributed by atoms with Crippen LogP contribution in [0.1, 0.15) is 6.85 Å². The van der Waals surface area contributed by atoms with E-state index in [0.717, 1.165) is 54.4 Å². The quantitative estimate of drug-likeness (QED) is 0.158. The molecule has 8 aromatic carbocycles. The number of benzene rings is 8. The topological polar surface area (TPSA) is 25.8 Å².